The van der Waals surface area contributed by atoms with Crippen LogP contribution in [0.15, 0.2) is 48.5 Å². The largest absolute Gasteiger partial charge is 0.480 e. The van der Waals surface area contributed by atoms with Gasteiger partial charge in [0.25, 0.3) is 5.91 Å². The summed E-state index contributed by atoms with van der Waals surface area (Å²) < 4.78 is 1.76. The molecule has 4 rings (SSSR count). The summed E-state index contributed by atoms with van der Waals surface area (Å²) in [4.78, 5) is 28.0. The van der Waals surface area contributed by atoms with Crippen LogP contribution < -0.4 is 5.32 Å². The molecule has 180 valence electrons. The standard InChI is InChI=1S/C24H24ClN7O3/c1-2-3-8-19-27-22(25)21(24(35)26-13-20(33)34)32(19)14-15-9-11-16(12-10-15)17-6-4-5-7-18(17)23-28-30-31-29-23/h4-7,9-12H,2-3,8,13-14H2,1H3,(H,26,35)(H,33,34)(H,28,29,30,31). The predicted molar refractivity (Wildman–Crippen MR) is 130 cm³/mol. The zero-order valence-electron chi connectivity index (χ0n) is 19.0. The van der Waals surface area contributed by atoms with Crippen molar-refractivity contribution in [2.75, 3.05) is 6.54 Å². The number of hydrogen-bond acceptors (Lipinski definition) is 6. The summed E-state index contributed by atoms with van der Waals surface area (Å²) in [5.41, 5.74) is 3.89. The summed E-state index contributed by atoms with van der Waals surface area (Å²) in [6, 6.07) is 15.7. The molecule has 2 aromatic carbocycles. The summed E-state index contributed by atoms with van der Waals surface area (Å²) in [5, 5.41) is 25.7. The van der Waals surface area contributed by atoms with Gasteiger partial charge in [0, 0.05) is 18.5 Å². The summed E-state index contributed by atoms with van der Waals surface area (Å²) in [5.74, 6) is -0.513. The fraction of sp³-hybridized carbons (Fsp3) is 0.250. The number of aryl methyl sites for hydroxylation is 1. The van der Waals surface area contributed by atoms with E-state index in [1.165, 1.54) is 0 Å². The second-order valence-corrected chi connectivity index (χ2v) is 8.27. The highest BCUT2D eigenvalue weighted by atomic mass is 35.5. The Morgan fingerprint density at radius 1 is 1.11 bits per heavy atom. The average molecular weight is 494 g/mol. The van der Waals surface area contributed by atoms with Crippen molar-refractivity contribution < 1.29 is 14.7 Å². The molecular formula is C24H24ClN7O3. The Bertz CT molecular complexity index is 1320. The molecule has 11 heteroatoms. The van der Waals surface area contributed by atoms with E-state index in [1.807, 2.05) is 48.5 Å². The molecule has 35 heavy (non-hydrogen) atoms. The molecule has 0 atom stereocenters. The Morgan fingerprint density at radius 2 is 1.86 bits per heavy atom. The van der Waals surface area contributed by atoms with Gasteiger partial charge in [0.15, 0.2) is 5.15 Å². The molecule has 0 spiro atoms. The fourth-order valence-corrected chi connectivity index (χ4v) is 4.08. The topological polar surface area (TPSA) is 139 Å². The van der Waals surface area contributed by atoms with E-state index in [2.05, 4.69) is 37.8 Å². The van der Waals surface area contributed by atoms with Gasteiger partial charge in [0.1, 0.15) is 18.1 Å². The van der Waals surface area contributed by atoms with E-state index in [0.717, 1.165) is 35.1 Å². The lowest BCUT2D eigenvalue weighted by Gasteiger charge is -2.13. The monoisotopic (exact) mass is 493 g/mol. The first kappa shape index (κ1) is 24.1. The molecule has 0 radical (unpaired) electrons. The summed E-state index contributed by atoms with van der Waals surface area (Å²) in [6.45, 7) is 1.93. The van der Waals surface area contributed by atoms with Crippen molar-refractivity contribution in [1.29, 1.82) is 0 Å². The van der Waals surface area contributed by atoms with Crippen molar-refractivity contribution in [1.82, 2.24) is 35.5 Å². The zero-order chi connectivity index (χ0) is 24.8. The normalized spacial score (nSPS) is 10.9. The molecule has 0 aliphatic heterocycles. The van der Waals surface area contributed by atoms with Gasteiger partial charge in [-0.3, -0.25) is 9.59 Å². The van der Waals surface area contributed by atoms with Crippen LogP contribution in [-0.2, 0) is 17.8 Å². The van der Waals surface area contributed by atoms with E-state index in [-0.39, 0.29) is 10.8 Å². The van der Waals surface area contributed by atoms with Crippen LogP contribution in [-0.4, -0.2) is 53.7 Å². The maximum atomic E-state index is 12.7. The third-order valence-electron chi connectivity index (χ3n) is 5.49. The molecule has 0 bridgehead atoms. The number of carboxylic acids is 1. The maximum absolute atomic E-state index is 12.7. The van der Waals surface area contributed by atoms with E-state index in [0.29, 0.717) is 24.6 Å². The van der Waals surface area contributed by atoms with Crippen molar-refractivity contribution in [3.05, 3.63) is 70.8 Å². The van der Waals surface area contributed by atoms with E-state index < -0.39 is 18.4 Å². The van der Waals surface area contributed by atoms with Crippen molar-refractivity contribution in [3.63, 3.8) is 0 Å². The van der Waals surface area contributed by atoms with Crippen LogP contribution in [0.4, 0.5) is 0 Å². The molecule has 3 N–H and O–H groups in total. The molecule has 0 unspecified atom stereocenters. The third-order valence-corrected chi connectivity index (χ3v) is 5.76. The van der Waals surface area contributed by atoms with Gasteiger partial charge in [0.2, 0.25) is 5.82 Å². The molecule has 10 nitrogen and oxygen atoms in total. The van der Waals surface area contributed by atoms with Gasteiger partial charge >= 0.3 is 5.97 Å². The third kappa shape index (κ3) is 5.55. The van der Waals surface area contributed by atoms with Crippen LogP contribution in [0, 0.1) is 0 Å². The number of rotatable bonds is 10. The summed E-state index contributed by atoms with van der Waals surface area (Å²) >= 11 is 6.32. The smallest absolute Gasteiger partial charge is 0.322 e. The predicted octanol–water partition coefficient (Wildman–Crippen LogP) is 3.59. The van der Waals surface area contributed by atoms with Crippen molar-refractivity contribution in [3.8, 4) is 22.5 Å². The minimum Gasteiger partial charge on any atom is -0.480 e. The number of aliphatic carboxylic acids is 1. The molecule has 2 heterocycles. The van der Waals surface area contributed by atoms with Crippen LogP contribution >= 0.6 is 11.6 Å². The molecule has 0 fully saturated rings. The quantitative estimate of drug-likeness (QED) is 0.307. The lowest BCUT2D eigenvalue weighted by Crippen LogP contribution is -2.31. The van der Waals surface area contributed by atoms with Crippen LogP contribution in [0.2, 0.25) is 5.15 Å². The molecule has 1 amide bonds. The van der Waals surface area contributed by atoms with E-state index in [4.69, 9.17) is 16.7 Å². The lowest BCUT2D eigenvalue weighted by atomic mass is 9.98. The van der Waals surface area contributed by atoms with E-state index >= 15 is 0 Å². The van der Waals surface area contributed by atoms with Crippen LogP contribution in [0.5, 0.6) is 0 Å². The van der Waals surface area contributed by atoms with Crippen molar-refractivity contribution in [2.24, 2.45) is 0 Å². The Kier molecular flexibility index (Phi) is 7.51. The van der Waals surface area contributed by atoms with Crippen LogP contribution in [0.25, 0.3) is 22.5 Å². The minimum atomic E-state index is -1.14. The first-order valence-corrected chi connectivity index (χ1v) is 11.5. The van der Waals surface area contributed by atoms with Crippen LogP contribution in [0.1, 0.15) is 41.6 Å². The Hall–Kier alpha value is -4.05. The number of nitrogens with one attached hydrogen (secondary N) is 2. The van der Waals surface area contributed by atoms with Gasteiger partial charge < -0.3 is 15.0 Å². The number of hydrogen-bond donors (Lipinski definition) is 3. The molecule has 4 aromatic rings. The number of carbonyl (C=O) groups is 2. The highest BCUT2D eigenvalue weighted by molar-refractivity contribution is 6.32. The van der Waals surface area contributed by atoms with E-state index in [9.17, 15) is 9.59 Å². The van der Waals surface area contributed by atoms with Gasteiger partial charge in [-0.25, -0.2) is 4.98 Å². The molecule has 2 aromatic heterocycles. The van der Waals surface area contributed by atoms with Gasteiger partial charge in [0.05, 0.1) is 0 Å². The zero-order valence-corrected chi connectivity index (χ0v) is 19.8. The number of amides is 1. The summed E-state index contributed by atoms with van der Waals surface area (Å²) in [7, 11) is 0. The lowest BCUT2D eigenvalue weighted by molar-refractivity contribution is -0.135. The highest BCUT2D eigenvalue weighted by Gasteiger charge is 2.22. The second-order valence-electron chi connectivity index (χ2n) is 7.91. The Labute approximate surface area is 206 Å². The summed E-state index contributed by atoms with van der Waals surface area (Å²) in [6.07, 6.45) is 2.49. The maximum Gasteiger partial charge on any atom is 0.322 e. The number of H-pyrrole nitrogens is 1. The number of unbranched alkanes of at least 4 members (excludes halogenated alkanes) is 1. The Balaban J connectivity index is 1.63. The Morgan fingerprint density at radius 3 is 2.51 bits per heavy atom. The SMILES string of the molecule is CCCCc1nc(Cl)c(C(=O)NCC(=O)O)n1Cc1ccc(-c2ccccc2-c2nn[nH]n2)cc1. The molecular weight excluding hydrogens is 470 g/mol. The average Bonchev–Trinajstić information content (AvgIpc) is 3.50. The number of halogens is 1. The second kappa shape index (κ2) is 10.9. The number of carbonyl (C=O) groups excluding carboxylic acids is 1. The number of benzene rings is 2. The molecule has 0 saturated heterocycles. The molecule has 0 aliphatic carbocycles. The van der Waals surface area contributed by atoms with Crippen molar-refractivity contribution >= 4 is 23.5 Å². The van der Waals surface area contributed by atoms with Crippen LogP contribution in [0.3, 0.4) is 0 Å². The number of aromatic amines is 1. The van der Waals surface area contributed by atoms with Gasteiger partial charge in [-0.15, -0.1) is 10.2 Å². The number of tetrazole rings is 1. The van der Waals surface area contributed by atoms with Gasteiger partial charge in [-0.05, 0) is 28.3 Å². The highest BCUT2D eigenvalue weighted by Crippen LogP contribution is 2.30. The molecule has 0 aliphatic rings. The number of nitrogens with zero attached hydrogens (tertiary/aromatic N) is 5. The molecule has 0 saturated carbocycles. The van der Waals surface area contributed by atoms with Gasteiger partial charge in [-0.2, -0.15) is 5.21 Å². The van der Waals surface area contributed by atoms with Gasteiger partial charge in [-0.1, -0.05) is 73.5 Å². The number of carboxylic acid groups (broad SMARTS) is 1. The van der Waals surface area contributed by atoms with E-state index in [1.54, 1.807) is 4.57 Å². The fourth-order valence-electron chi connectivity index (χ4n) is 3.80. The minimum absolute atomic E-state index is 0.0599. The first-order chi connectivity index (χ1) is 17.0. The number of aromatic nitrogens is 6. The van der Waals surface area contributed by atoms with Crippen molar-refractivity contribution in [2.45, 2.75) is 32.7 Å². The first-order valence-electron chi connectivity index (χ1n) is 11.1. The number of imidazole rings is 1.